The maximum Gasteiger partial charge on any atom is 0.498 e. The van der Waals surface area contributed by atoms with Gasteiger partial charge in [-0.15, -0.1) is 0 Å². The minimum absolute atomic E-state index is 0.180. The molecule has 3 fully saturated rings. The molecule has 3 saturated heterocycles. The fourth-order valence-electron chi connectivity index (χ4n) is 5.58. The quantitative estimate of drug-likeness (QED) is 0.259. The van der Waals surface area contributed by atoms with Gasteiger partial charge in [-0.1, -0.05) is 93.3 Å². The van der Waals surface area contributed by atoms with Crippen molar-refractivity contribution in [2.75, 3.05) is 0 Å². The highest BCUT2D eigenvalue weighted by molar-refractivity contribution is 6.51. The number of ether oxygens (including phenoxy) is 2. The Labute approximate surface area is 210 Å². The summed E-state index contributed by atoms with van der Waals surface area (Å²) in [4.78, 5) is 0. The second-order valence-electron chi connectivity index (χ2n) is 11.4. The summed E-state index contributed by atoms with van der Waals surface area (Å²) < 4.78 is 26.0. The summed E-state index contributed by atoms with van der Waals surface area (Å²) >= 11 is 0. The van der Waals surface area contributed by atoms with Crippen molar-refractivity contribution >= 4 is 7.12 Å². The lowest BCUT2D eigenvalue weighted by Gasteiger charge is -2.32. The summed E-state index contributed by atoms with van der Waals surface area (Å²) in [5, 5.41) is 12.2. The fraction of sp³-hybridized carbons (Fsp3) is 0.586. The molecule has 0 aliphatic carbocycles. The third kappa shape index (κ3) is 4.17. The Morgan fingerprint density at radius 2 is 1.31 bits per heavy atom. The summed E-state index contributed by atoms with van der Waals surface area (Å²) in [6, 6.07) is 20.3. The number of aliphatic hydroxyl groups is 1. The van der Waals surface area contributed by atoms with Crippen molar-refractivity contribution in [2.24, 2.45) is 0 Å². The van der Waals surface area contributed by atoms with Crippen LogP contribution in [0.4, 0.5) is 0 Å². The normalized spacial score (nSPS) is 33.5. The number of benzene rings is 2. The van der Waals surface area contributed by atoms with Crippen molar-refractivity contribution in [3.8, 4) is 0 Å². The highest BCUT2D eigenvalue weighted by Gasteiger charge is 2.81. The third-order valence-corrected chi connectivity index (χ3v) is 8.54. The number of hydrogen-bond donors (Lipinski definition) is 1. The van der Waals surface area contributed by atoms with Crippen LogP contribution in [0.25, 0.3) is 0 Å². The van der Waals surface area contributed by atoms with Crippen LogP contribution in [0.1, 0.15) is 90.1 Å². The van der Waals surface area contributed by atoms with Crippen molar-refractivity contribution < 1.29 is 23.9 Å². The zero-order valence-electron chi connectivity index (χ0n) is 21.7. The first-order chi connectivity index (χ1) is 16.7. The lowest BCUT2D eigenvalue weighted by atomic mass is 9.61. The number of rotatable bonds is 10. The zero-order valence-corrected chi connectivity index (χ0v) is 21.7. The van der Waals surface area contributed by atoms with Gasteiger partial charge >= 0.3 is 7.12 Å². The van der Waals surface area contributed by atoms with E-state index in [1.165, 1.54) is 6.42 Å². The molecule has 5 atom stereocenters. The monoisotopic (exact) mass is 478 g/mol. The Bertz CT molecular complexity index is 996. The Kier molecular flexibility index (Phi) is 6.42. The smallest absolute Gasteiger partial charge is 0.401 e. The molecule has 0 radical (unpaired) electrons. The first kappa shape index (κ1) is 25.0. The standard InChI is InChI=1S/C29H39BO5/c1-6-7-8-15-20-28(23(32-28)21-16-11-9-12-17-21)25(31)29(24(33-29)22-18-13-10-14-19-22)30-34-26(2,3)27(4,5)35-30/h9-14,16-19,23-25,31H,6-8,15,20H2,1-5H3. The number of epoxide rings is 2. The molecule has 5 nitrogen and oxygen atoms in total. The summed E-state index contributed by atoms with van der Waals surface area (Å²) in [5.41, 5.74) is -0.741. The minimum Gasteiger partial charge on any atom is -0.401 e. The van der Waals surface area contributed by atoms with Gasteiger partial charge in [0, 0.05) is 0 Å². The van der Waals surface area contributed by atoms with Crippen LogP contribution >= 0.6 is 0 Å². The van der Waals surface area contributed by atoms with Crippen LogP contribution < -0.4 is 0 Å². The maximum absolute atomic E-state index is 12.2. The van der Waals surface area contributed by atoms with E-state index in [9.17, 15) is 5.11 Å². The Hall–Kier alpha value is -1.70. The van der Waals surface area contributed by atoms with Crippen molar-refractivity contribution in [2.45, 2.75) is 107 Å². The topological polar surface area (TPSA) is 63.8 Å². The minimum atomic E-state index is -1.04. The Morgan fingerprint density at radius 1 is 0.771 bits per heavy atom. The molecule has 5 unspecified atom stereocenters. The molecule has 3 aliphatic heterocycles. The second kappa shape index (κ2) is 9.00. The molecule has 0 saturated carbocycles. The summed E-state index contributed by atoms with van der Waals surface area (Å²) in [5.74, 6) is 0. The maximum atomic E-state index is 12.2. The predicted molar refractivity (Wildman–Crippen MR) is 137 cm³/mol. The van der Waals surface area contributed by atoms with Gasteiger partial charge in [-0.3, -0.25) is 0 Å². The average Bonchev–Trinajstić information content (AvgIpc) is 3.74. The van der Waals surface area contributed by atoms with E-state index < -0.39 is 35.5 Å². The lowest BCUT2D eigenvalue weighted by molar-refractivity contribution is 0.00578. The SMILES string of the molecule is CCCCCCC1(C(O)C2(B3OC(C)(C)C(C)(C)O3)OC2c2ccccc2)OC1c1ccccc1. The van der Waals surface area contributed by atoms with Crippen molar-refractivity contribution in [3.05, 3.63) is 71.8 Å². The van der Waals surface area contributed by atoms with E-state index in [4.69, 9.17) is 18.8 Å². The van der Waals surface area contributed by atoms with E-state index in [0.717, 1.165) is 36.8 Å². The molecule has 188 valence electrons. The highest BCUT2D eigenvalue weighted by Crippen LogP contribution is 2.66. The number of aliphatic hydroxyl groups excluding tert-OH is 1. The number of unbranched alkanes of at least 4 members (excludes halogenated alkanes) is 3. The first-order valence-corrected chi connectivity index (χ1v) is 13.2. The molecule has 2 aromatic carbocycles. The van der Waals surface area contributed by atoms with Crippen molar-refractivity contribution in [1.29, 1.82) is 0 Å². The van der Waals surface area contributed by atoms with E-state index in [1.54, 1.807) is 0 Å². The van der Waals surface area contributed by atoms with Crippen molar-refractivity contribution in [1.82, 2.24) is 0 Å². The van der Waals surface area contributed by atoms with Crippen LogP contribution in [0.2, 0.25) is 0 Å². The van der Waals surface area contributed by atoms with Crippen LogP contribution in [0, 0.1) is 0 Å². The van der Waals surface area contributed by atoms with Gasteiger partial charge < -0.3 is 23.9 Å². The van der Waals surface area contributed by atoms with Crippen LogP contribution in [0.3, 0.4) is 0 Å². The van der Waals surface area contributed by atoms with Gasteiger partial charge in [-0.25, -0.2) is 0 Å². The first-order valence-electron chi connectivity index (χ1n) is 13.2. The van der Waals surface area contributed by atoms with Gasteiger partial charge in [0.25, 0.3) is 0 Å². The molecule has 0 aromatic heterocycles. The fourth-order valence-corrected chi connectivity index (χ4v) is 5.58. The van der Waals surface area contributed by atoms with Crippen LogP contribution in [-0.2, 0) is 18.8 Å². The molecule has 0 bridgehead atoms. The molecule has 5 rings (SSSR count). The van der Waals surface area contributed by atoms with Gasteiger partial charge in [0.1, 0.15) is 23.9 Å². The molecule has 3 heterocycles. The van der Waals surface area contributed by atoms with Crippen LogP contribution in [0.15, 0.2) is 60.7 Å². The molecule has 2 aromatic rings. The third-order valence-electron chi connectivity index (χ3n) is 8.54. The highest BCUT2D eigenvalue weighted by atomic mass is 16.7. The molecular weight excluding hydrogens is 439 g/mol. The van der Waals surface area contributed by atoms with E-state index >= 15 is 0 Å². The largest absolute Gasteiger partial charge is 0.498 e. The molecule has 0 amide bonds. The molecule has 6 heteroatoms. The summed E-state index contributed by atoms with van der Waals surface area (Å²) in [6.45, 7) is 10.4. The molecular formula is C29H39BO5. The Morgan fingerprint density at radius 3 is 1.86 bits per heavy atom. The second-order valence-corrected chi connectivity index (χ2v) is 11.4. The predicted octanol–water partition coefficient (Wildman–Crippen LogP) is 5.97. The van der Waals surface area contributed by atoms with Gasteiger partial charge in [0.05, 0.1) is 11.2 Å². The van der Waals surface area contributed by atoms with Gasteiger partial charge in [-0.05, 0) is 45.2 Å². The van der Waals surface area contributed by atoms with Gasteiger partial charge in [0.2, 0.25) is 0 Å². The number of hydrogen-bond acceptors (Lipinski definition) is 5. The van der Waals surface area contributed by atoms with Gasteiger partial charge in [-0.2, -0.15) is 0 Å². The lowest BCUT2D eigenvalue weighted by Crippen LogP contribution is -2.54. The average molecular weight is 478 g/mol. The zero-order chi connectivity index (χ0) is 24.9. The van der Waals surface area contributed by atoms with Crippen LogP contribution in [-0.4, -0.2) is 40.6 Å². The summed E-state index contributed by atoms with van der Waals surface area (Å²) in [7, 11) is -0.708. The molecule has 3 aliphatic rings. The van der Waals surface area contributed by atoms with E-state index in [1.807, 2.05) is 76.2 Å². The van der Waals surface area contributed by atoms with Crippen molar-refractivity contribution in [3.63, 3.8) is 0 Å². The van der Waals surface area contributed by atoms with E-state index in [2.05, 4.69) is 19.1 Å². The Balaban J connectivity index is 1.50. The van der Waals surface area contributed by atoms with Crippen LogP contribution in [0.5, 0.6) is 0 Å². The molecule has 0 spiro atoms. The van der Waals surface area contributed by atoms with E-state index in [0.29, 0.717) is 0 Å². The van der Waals surface area contributed by atoms with E-state index in [-0.39, 0.29) is 12.2 Å². The van der Waals surface area contributed by atoms with Gasteiger partial charge in [0.15, 0.2) is 5.50 Å². The molecule has 35 heavy (non-hydrogen) atoms. The summed E-state index contributed by atoms with van der Waals surface area (Å²) in [6.07, 6.45) is 3.78. The molecule has 1 N–H and O–H groups in total.